The number of Topliss-reactive ketones (excluding diaryl/α,β-unsaturated/α-hetero) is 1. The highest BCUT2D eigenvalue weighted by molar-refractivity contribution is 9.10. The summed E-state index contributed by atoms with van der Waals surface area (Å²) in [6.07, 6.45) is 3.46. The van der Waals surface area contributed by atoms with Crippen LogP contribution in [0.5, 0.6) is 5.75 Å². The van der Waals surface area contributed by atoms with Crippen molar-refractivity contribution in [3.05, 3.63) is 80.9 Å². The Kier molecular flexibility index (Phi) is 6.59. The predicted octanol–water partition coefficient (Wildman–Crippen LogP) is 3.99. The second-order valence-corrected chi connectivity index (χ2v) is 9.18. The number of thiocarbonyl (C=S) groups is 1. The number of ketones is 1. The Morgan fingerprint density at radius 1 is 1.19 bits per heavy atom. The summed E-state index contributed by atoms with van der Waals surface area (Å²) < 4.78 is 8.61. The van der Waals surface area contributed by atoms with E-state index < -0.39 is 0 Å². The zero-order valence-corrected chi connectivity index (χ0v) is 19.2. The van der Waals surface area contributed by atoms with Crippen LogP contribution in [-0.2, 0) is 17.9 Å². The Morgan fingerprint density at radius 2 is 1.94 bits per heavy atom. The highest BCUT2D eigenvalue weighted by Gasteiger charge is 2.21. The first kappa shape index (κ1) is 21.4. The van der Waals surface area contributed by atoms with Crippen molar-refractivity contribution in [2.24, 2.45) is 0 Å². The maximum absolute atomic E-state index is 12.3. The summed E-state index contributed by atoms with van der Waals surface area (Å²) in [7, 11) is 0. The lowest BCUT2D eigenvalue weighted by Crippen LogP contribution is -2.17. The first-order valence-electron chi connectivity index (χ1n) is 9.12. The average molecular weight is 515 g/mol. The zero-order chi connectivity index (χ0) is 21.8. The van der Waals surface area contributed by atoms with Gasteiger partial charge in [-0.25, -0.2) is 4.68 Å². The lowest BCUT2D eigenvalue weighted by molar-refractivity contribution is -0.115. The van der Waals surface area contributed by atoms with Crippen LogP contribution < -0.4 is 10.1 Å². The summed E-state index contributed by atoms with van der Waals surface area (Å²) >= 11 is 9.58. The van der Waals surface area contributed by atoms with Crippen LogP contribution in [0.4, 0.5) is 0 Å². The summed E-state index contributed by atoms with van der Waals surface area (Å²) in [5.74, 6) is 0.420. The van der Waals surface area contributed by atoms with Gasteiger partial charge in [0, 0.05) is 10.0 Å². The molecule has 1 aliphatic rings. The second-order valence-electron chi connectivity index (χ2n) is 6.55. The molecule has 1 N–H and O–H groups in total. The van der Waals surface area contributed by atoms with E-state index in [1.165, 1.54) is 16.4 Å². The normalized spacial score (nSPS) is 14.7. The summed E-state index contributed by atoms with van der Waals surface area (Å²) in [6, 6.07) is 14.5. The molecule has 0 atom stereocenters. The molecule has 0 bridgehead atoms. The van der Waals surface area contributed by atoms with E-state index in [1.54, 1.807) is 24.4 Å². The Bertz CT molecular complexity index is 1170. The van der Waals surface area contributed by atoms with Crippen molar-refractivity contribution in [2.75, 3.05) is 0 Å². The number of aromatic nitrogens is 3. The highest BCUT2D eigenvalue weighted by Crippen LogP contribution is 2.26. The van der Waals surface area contributed by atoms with E-state index in [1.807, 2.05) is 36.4 Å². The van der Waals surface area contributed by atoms with E-state index in [0.29, 0.717) is 26.2 Å². The van der Waals surface area contributed by atoms with Crippen LogP contribution in [0, 0.1) is 0 Å². The number of nitrogens with one attached hydrogen (secondary N) is 1. The number of nitrogens with zero attached hydrogens (tertiary/aromatic N) is 3. The molecule has 10 heteroatoms. The summed E-state index contributed by atoms with van der Waals surface area (Å²) in [5, 5.41) is 10.6. The van der Waals surface area contributed by atoms with Crippen molar-refractivity contribution in [1.82, 2.24) is 20.3 Å². The molecule has 3 aromatic rings. The molecule has 0 radical (unpaired) electrons. The van der Waals surface area contributed by atoms with Crippen LogP contribution in [0.15, 0.2) is 64.1 Å². The van der Waals surface area contributed by atoms with Crippen LogP contribution in [0.3, 0.4) is 0 Å². The Hall–Kier alpha value is -2.82. The summed E-state index contributed by atoms with van der Waals surface area (Å²) in [6.45, 7) is 0.326. The van der Waals surface area contributed by atoms with Crippen LogP contribution in [0.1, 0.15) is 21.6 Å². The Morgan fingerprint density at radius 3 is 2.61 bits per heavy atom. The van der Waals surface area contributed by atoms with Gasteiger partial charge in [0.15, 0.2) is 5.78 Å². The molecule has 4 rings (SSSR count). The smallest absolute Gasteiger partial charge is 0.263 e. The fourth-order valence-corrected chi connectivity index (χ4v) is 4.05. The van der Waals surface area contributed by atoms with Gasteiger partial charge in [-0.3, -0.25) is 9.59 Å². The summed E-state index contributed by atoms with van der Waals surface area (Å²) in [4.78, 5) is 24.6. The molecule has 7 nitrogen and oxygen atoms in total. The van der Waals surface area contributed by atoms with Gasteiger partial charge in [0.1, 0.15) is 28.9 Å². The van der Waals surface area contributed by atoms with Gasteiger partial charge in [-0.2, -0.15) is 0 Å². The highest BCUT2D eigenvalue weighted by atomic mass is 79.9. The molecule has 156 valence electrons. The number of carbonyl (C=O) groups excluding carboxylic acids is 2. The monoisotopic (exact) mass is 514 g/mol. The standard InChI is InChI=1S/C21H15BrN4O3S2/c22-15-5-3-14(4-6-15)18(27)11-26-10-16(24-25-26)12-29-17-7-1-13(2-8-17)9-19-20(28)23-21(30)31-19/h1-10H,11-12H2,(H,23,28,30)/b19-9-. The number of thioether (sulfide) groups is 1. The molecule has 1 aliphatic heterocycles. The average Bonchev–Trinajstić information content (AvgIpc) is 3.33. The molecule has 0 unspecified atom stereocenters. The maximum Gasteiger partial charge on any atom is 0.263 e. The minimum absolute atomic E-state index is 0.0514. The van der Waals surface area contributed by atoms with Crippen molar-refractivity contribution in [1.29, 1.82) is 0 Å². The molecule has 1 saturated heterocycles. The van der Waals surface area contributed by atoms with Gasteiger partial charge < -0.3 is 10.1 Å². The third-order valence-electron chi connectivity index (χ3n) is 4.26. The largest absolute Gasteiger partial charge is 0.487 e. The van der Waals surface area contributed by atoms with Crippen LogP contribution >= 0.6 is 39.9 Å². The van der Waals surface area contributed by atoms with Gasteiger partial charge >= 0.3 is 0 Å². The topological polar surface area (TPSA) is 86.1 Å². The molecule has 0 saturated carbocycles. The quantitative estimate of drug-likeness (QED) is 0.289. The van der Waals surface area contributed by atoms with Crippen LogP contribution in [-0.4, -0.2) is 31.0 Å². The van der Waals surface area contributed by atoms with Crippen LogP contribution in [0.2, 0.25) is 0 Å². The fourth-order valence-electron chi connectivity index (χ4n) is 2.75. The molecule has 1 amide bonds. The number of rotatable bonds is 7. The maximum atomic E-state index is 12.3. The summed E-state index contributed by atoms with van der Waals surface area (Å²) in [5.41, 5.74) is 2.09. The van der Waals surface area contributed by atoms with E-state index in [0.717, 1.165) is 10.0 Å². The van der Waals surface area contributed by atoms with Crippen molar-refractivity contribution in [3.8, 4) is 5.75 Å². The molecule has 0 spiro atoms. The van der Waals surface area contributed by atoms with Crippen molar-refractivity contribution in [2.45, 2.75) is 13.2 Å². The van der Waals surface area contributed by atoms with Gasteiger partial charge in [0.2, 0.25) is 0 Å². The van der Waals surface area contributed by atoms with E-state index in [-0.39, 0.29) is 24.8 Å². The van der Waals surface area contributed by atoms with Gasteiger partial charge in [0.25, 0.3) is 5.91 Å². The molecule has 0 aliphatic carbocycles. The number of hydrogen-bond donors (Lipinski definition) is 1. The van der Waals surface area contributed by atoms with Gasteiger partial charge in [0.05, 0.1) is 11.1 Å². The van der Waals surface area contributed by atoms with Gasteiger partial charge in [-0.15, -0.1) is 5.10 Å². The number of carbonyl (C=O) groups is 2. The predicted molar refractivity (Wildman–Crippen MR) is 126 cm³/mol. The Balaban J connectivity index is 1.32. The molecule has 1 fully saturated rings. The molecule has 1 aromatic heterocycles. The number of benzene rings is 2. The molecule has 2 heterocycles. The molecular weight excluding hydrogens is 500 g/mol. The van der Waals surface area contributed by atoms with Gasteiger partial charge in [-0.1, -0.05) is 69.4 Å². The third-order valence-corrected chi connectivity index (χ3v) is 5.96. The van der Waals surface area contributed by atoms with E-state index >= 15 is 0 Å². The molecule has 2 aromatic carbocycles. The number of ether oxygens (including phenoxy) is 1. The SMILES string of the molecule is O=C1NC(=S)S/C1=C\c1ccc(OCc2cn(CC(=O)c3ccc(Br)cc3)nn2)cc1. The Labute approximate surface area is 196 Å². The minimum atomic E-state index is -0.183. The van der Waals surface area contributed by atoms with Crippen molar-refractivity contribution >= 4 is 62.0 Å². The van der Waals surface area contributed by atoms with Crippen molar-refractivity contribution in [3.63, 3.8) is 0 Å². The molecule has 31 heavy (non-hydrogen) atoms. The lowest BCUT2D eigenvalue weighted by Gasteiger charge is -2.04. The van der Waals surface area contributed by atoms with Crippen molar-refractivity contribution < 1.29 is 14.3 Å². The number of amides is 1. The van der Waals surface area contributed by atoms with E-state index in [4.69, 9.17) is 17.0 Å². The van der Waals surface area contributed by atoms with Crippen LogP contribution in [0.25, 0.3) is 6.08 Å². The fraction of sp³-hybridized carbons (Fsp3) is 0.0952. The zero-order valence-electron chi connectivity index (χ0n) is 15.9. The second kappa shape index (κ2) is 9.54. The van der Waals surface area contributed by atoms with Gasteiger partial charge in [-0.05, 0) is 35.9 Å². The first-order chi connectivity index (χ1) is 15.0. The van der Waals surface area contributed by atoms with E-state index in [9.17, 15) is 9.59 Å². The third kappa shape index (κ3) is 5.66. The van der Waals surface area contributed by atoms with E-state index in [2.05, 4.69) is 31.6 Å². The first-order valence-corrected chi connectivity index (χ1v) is 11.1. The molecular formula is C21H15BrN4O3S2. The number of hydrogen-bond acceptors (Lipinski definition) is 7. The number of halogens is 1. The minimum Gasteiger partial charge on any atom is -0.487 e. The lowest BCUT2D eigenvalue weighted by atomic mass is 10.1.